The topological polar surface area (TPSA) is 86.1 Å². The molecule has 2 aromatic carbocycles. The molecule has 3 aromatic rings. The van der Waals surface area contributed by atoms with Gasteiger partial charge >= 0.3 is 0 Å². The molecule has 0 aliphatic carbocycles. The molecule has 1 heterocycles. The Morgan fingerprint density at radius 3 is 2.56 bits per heavy atom. The Balaban J connectivity index is 1.91. The number of hydrogen-bond acceptors (Lipinski definition) is 6. The number of H-pyrrole nitrogens is 1. The van der Waals surface area contributed by atoms with E-state index in [-0.39, 0.29) is 4.77 Å². The standard InChI is InChI=1S/C19H14BrN5OS/c1-26-15-8-2-12(3-9-15)11-22-25-18-16(10-21)17(23-19(27)24-18)13-4-6-14(20)7-5-13/h2-9,11H,1H3,(H2,23,24,25,27)/b22-11+. The van der Waals surface area contributed by atoms with Crippen molar-refractivity contribution < 1.29 is 4.74 Å². The molecule has 3 rings (SSSR count). The van der Waals surface area contributed by atoms with E-state index in [9.17, 15) is 5.26 Å². The van der Waals surface area contributed by atoms with Gasteiger partial charge in [0.2, 0.25) is 0 Å². The lowest BCUT2D eigenvalue weighted by molar-refractivity contribution is 0.415. The van der Waals surface area contributed by atoms with Crippen LogP contribution in [0.2, 0.25) is 0 Å². The predicted octanol–water partition coefficient (Wildman–Crippen LogP) is 4.89. The van der Waals surface area contributed by atoms with Crippen LogP contribution in [0.5, 0.6) is 5.75 Å². The highest BCUT2D eigenvalue weighted by Crippen LogP contribution is 2.26. The largest absolute Gasteiger partial charge is 0.497 e. The minimum absolute atomic E-state index is 0.258. The smallest absolute Gasteiger partial charge is 0.199 e. The molecule has 0 saturated heterocycles. The van der Waals surface area contributed by atoms with Crippen LogP contribution in [-0.2, 0) is 0 Å². The lowest BCUT2D eigenvalue weighted by Crippen LogP contribution is -2.02. The Morgan fingerprint density at radius 1 is 1.22 bits per heavy atom. The molecule has 0 amide bonds. The highest BCUT2D eigenvalue weighted by molar-refractivity contribution is 9.10. The van der Waals surface area contributed by atoms with Gasteiger partial charge in [-0.15, -0.1) is 0 Å². The van der Waals surface area contributed by atoms with Crippen LogP contribution in [0, 0.1) is 16.1 Å². The number of rotatable bonds is 5. The zero-order valence-electron chi connectivity index (χ0n) is 14.2. The number of nitrogens with zero attached hydrogens (tertiary/aromatic N) is 3. The minimum atomic E-state index is 0.258. The molecule has 0 bridgehead atoms. The highest BCUT2D eigenvalue weighted by atomic mass is 79.9. The highest BCUT2D eigenvalue weighted by Gasteiger charge is 2.12. The number of benzene rings is 2. The van der Waals surface area contributed by atoms with Crippen LogP contribution in [0.1, 0.15) is 11.1 Å². The number of ether oxygens (including phenoxy) is 1. The summed E-state index contributed by atoms with van der Waals surface area (Å²) >= 11 is 8.60. The van der Waals surface area contributed by atoms with Gasteiger partial charge < -0.3 is 9.72 Å². The van der Waals surface area contributed by atoms with E-state index in [4.69, 9.17) is 17.0 Å². The number of methoxy groups -OCH3 is 1. The van der Waals surface area contributed by atoms with E-state index in [1.807, 2.05) is 48.5 Å². The first-order chi connectivity index (χ1) is 13.1. The lowest BCUT2D eigenvalue weighted by atomic mass is 10.1. The molecule has 0 atom stereocenters. The molecule has 0 fully saturated rings. The molecule has 0 unspecified atom stereocenters. The monoisotopic (exact) mass is 439 g/mol. The molecular weight excluding hydrogens is 426 g/mol. The van der Waals surface area contributed by atoms with Gasteiger partial charge in [-0.05, 0) is 59.7 Å². The summed E-state index contributed by atoms with van der Waals surface area (Å²) in [7, 11) is 1.61. The molecule has 0 saturated carbocycles. The van der Waals surface area contributed by atoms with Gasteiger partial charge in [0.1, 0.15) is 17.4 Å². The van der Waals surface area contributed by atoms with Gasteiger partial charge in [0.25, 0.3) is 0 Å². The summed E-state index contributed by atoms with van der Waals surface area (Å²) in [6.07, 6.45) is 1.63. The molecule has 6 nitrogen and oxygen atoms in total. The van der Waals surface area contributed by atoms with Crippen LogP contribution in [-0.4, -0.2) is 23.3 Å². The van der Waals surface area contributed by atoms with Crippen molar-refractivity contribution in [3.05, 3.63) is 68.9 Å². The Labute approximate surface area is 169 Å². The molecular formula is C19H14BrN5OS. The van der Waals surface area contributed by atoms with Crippen LogP contribution in [0.25, 0.3) is 11.3 Å². The third-order valence-electron chi connectivity index (χ3n) is 3.68. The van der Waals surface area contributed by atoms with Crippen molar-refractivity contribution in [2.24, 2.45) is 5.10 Å². The fourth-order valence-corrected chi connectivity index (χ4v) is 2.81. The molecule has 2 N–H and O–H groups in total. The van der Waals surface area contributed by atoms with Gasteiger partial charge in [0, 0.05) is 4.47 Å². The van der Waals surface area contributed by atoms with Gasteiger partial charge in [-0.2, -0.15) is 15.3 Å². The molecule has 8 heteroatoms. The second-order valence-electron chi connectivity index (χ2n) is 5.40. The predicted molar refractivity (Wildman–Crippen MR) is 111 cm³/mol. The van der Waals surface area contributed by atoms with Crippen LogP contribution in [0.3, 0.4) is 0 Å². The van der Waals surface area contributed by atoms with Crippen molar-refractivity contribution in [2.75, 3.05) is 12.5 Å². The number of nitriles is 1. The Morgan fingerprint density at radius 2 is 1.93 bits per heavy atom. The van der Waals surface area contributed by atoms with Gasteiger partial charge in [0.15, 0.2) is 10.6 Å². The van der Waals surface area contributed by atoms with Gasteiger partial charge in [-0.3, -0.25) is 5.43 Å². The second kappa shape index (κ2) is 8.58. The maximum atomic E-state index is 9.62. The van der Waals surface area contributed by atoms with E-state index in [1.165, 1.54) is 0 Å². The summed E-state index contributed by atoms with van der Waals surface area (Å²) in [5, 5.41) is 13.8. The van der Waals surface area contributed by atoms with Crippen molar-refractivity contribution >= 4 is 40.2 Å². The van der Waals surface area contributed by atoms with Crippen molar-refractivity contribution in [2.45, 2.75) is 0 Å². The second-order valence-corrected chi connectivity index (χ2v) is 6.70. The van der Waals surface area contributed by atoms with E-state index >= 15 is 0 Å². The van der Waals surface area contributed by atoms with E-state index in [0.717, 1.165) is 21.3 Å². The van der Waals surface area contributed by atoms with Gasteiger partial charge in [-0.1, -0.05) is 28.1 Å². The summed E-state index contributed by atoms with van der Waals surface area (Å²) in [6.45, 7) is 0. The first kappa shape index (κ1) is 18.8. The zero-order valence-corrected chi connectivity index (χ0v) is 16.6. The van der Waals surface area contributed by atoms with Gasteiger partial charge in [-0.25, -0.2) is 0 Å². The van der Waals surface area contributed by atoms with E-state index in [1.54, 1.807) is 13.3 Å². The molecule has 0 aliphatic heterocycles. The summed E-state index contributed by atoms with van der Waals surface area (Å²) in [6, 6.07) is 17.1. The Kier molecular flexibility index (Phi) is 5.96. The summed E-state index contributed by atoms with van der Waals surface area (Å²) < 4.78 is 6.33. The molecule has 0 spiro atoms. The average Bonchev–Trinajstić information content (AvgIpc) is 2.69. The summed E-state index contributed by atoms with van der Waals surface area (Å²) in [5.74, 6) is 1.06. The molecule has 0 aliphatic rings. The number of aromatic amines is 1. The molecule has 0 radical (unpaired) electrons. The van der Waals surface area contributed by atoms with Crippen molar-refractivity contribution in [3.8, 4) is 23.1 Å². The zero-order chi connectivity index (χ0) is 19.2. The van der Waals surface area contributed by atoms with Gasteiger partial charge in [0.05, 0.1) is 19.0 Å². The van der Waals surface area contributed by atoms with E-state index in [0.29, 0.717) is 17.1 Å². The minimum Gasteiger partial charge on any atom is -0.497 e. The SMILES string of the molecule is COc1ccc(/C=N/Nc2nc(=S)[nH]c(-c3ccc(Br)cc3)c2C#N)cc1. The number of aromatic nitrogens is 2. The number of nitrogens with one attached hydrogen (secondary N) is 2. The summed E-state index contributed by atoms with van der Waals surface area (Å²) in [5.41, 5.74) is 5.43. The number of halogens is 1. The van der Waals surface area contributed by atoms with E-state index in [2.05, 4.69) is 42.5 Å². The van der Waals surface area contributed by atoms with Crippen LogP contribution in [0.15, 0.2) is 58.1 Å². The summed E-state index contributed by atoms with van der Waals surface area (Å²) in [4.78, 5) is 7.17. The maximum absolute atomic E-state index is 9.62. The fourth-order valence-electron chi connectivity index (χ4n) is 2.35. The maximum Gasteiger partial charge on any atom is 0.199 e. The quantitative estimate of drug-likeness (QED) is 0.335. The Hall–Kier alpha value is -3.02. The first-order valence-electron chi connectivity index (χ1n) is 7.84. The molecule has 134 valence electrons. The third kappa shape index (κ3) is 4.58. The van der Waals surface area contributed by atoms with Crippen molar-refractivity contribution in [1.82, 2.24) is 9.97 Å². The van der Waals surface area contributed by atoms with Crippen LogP contribution < -0.4 is 10.2 Å². The molecule has 1 aromatic heterocycles. The number of hydrazone groups is 1. The van der Waals surface area contributed by atoms with Crippen LogP contribution in [0.4, 0.5) is 5.82 Å². The average molecular weight is 440 g/mol. The van der Waals surface area contributed by atoms with Crippen molar-refractivity contribution in [3.63, 3.8) is 0 Å². The van der Waals surface area contributed by atoms with Crippen molar-refractivity contribution in [1.29, 1.82) is 5.26 Å². The normalized spacial score (nSPS) is 10.6. The fraction of sp³-hybridized carbons (Fsp3) is 0.0526. The lowest BCUT2D eigenvalue weighted by Gasteiger charge is -2.08. The number of anilines is 1. The van der Waals surface area contributed by atoms with Crippen LogP contribution >= 0.6 is 28.1 Å². The first-order valence-corrected chi connectivity index (χ1v) is 9.04. The molecule has 27 heavy (non-hydrogen) atoms. The third-order valence-corrected chi connectivity index (χ3v) is 4.40. The Bertz CT molecular complexity index is 1070. The number of hydrogen-bond donors (Lipinski definition) is 2. The van der Waals surface area contributed by atoms with E-state index < -0.39 is 0 Å².